The fraction of sp³-hybridized carbons (Fsp3) is 0.235. The van der Waals surface area contributed by atoms with Crippen LogP contribution in [0.5, 0.6) is 5.75 Å². The second kappa shape index (κ2) is 7.08. The summed E-state index contributed by atoms with van der Waals surface area (Å²) in [7, 11) is 1.54. The molecule has 0 atom stereocenters. The van der Waals surface area contributed by atoms with E-state index in [1.165, 1.54) is 5.56 Å². The third kappa shape index (κ3) is 3.79. The smallest absolute Gasteiger partial charge is 0.276 e. The first-order valence-electron chi connectivity index (χ1n) is 7.78. The summed E-state index contributed by atoms with van der Waals surface area (Å²) in [5.74, 6) is 0.623. The largest absolute Gasteiger partial charge is 0.497 e. The molecule has 25 heavy (non-hydrogen) atoms. The van der Waals surface area contributed by atoms with E-state index in [-0.39, 0.29) is 11.6 Å². The van der Waals surface area contributed by atoms with Gasteiger partial charge in [0.15, 0.2) is 0 Å². The van der Waals surface area contributed by atoms with Gasteiger partial charge in [0, 0.05) is 17.7 Å². The van der Waals surface area contributed by atoms with Gasteiger partial charge in [-0.25, -0.2) is 4.98 Å². The highest BCUT2D eigenvalue weighted by molar-refractivity contribution is 6.02. The quantitative estimate of drug-likeness (QED) is 0.741. The molecule has 0 spiro atoms. The van der Waals surface area contributed by atoms with Crippen LogP contribution in [0.3, 0.4) is 0 Å². The molecular formula is C17H18N6O2. The van der Waals surface area contributed by atoms with E-state index in [0.29, 0.717) is 17.4 Å². The summed E-state index contributed by atoms with van der Waals surface area (Å²) >= 11 is 0. The standard InChI is InChI=1S/C17H18N6O2/c1-10(2)11-4-6-12(7-5-11)14-8-13(25-3)9-15(18-14)16(24)19-17-20-22-23-21-17/h4-10H,1-3H3,(H2,19,20,21,22,23,24). The van der Waals surface area contributed by atoms with E-state index in [4.69, 9.17) is 4.74 Å². The van der Waals surface area contributed by atoms with E-state index < -0.39 is 5.91 Å². The molecule has 0 bridgehead atoms. The van der Waals surface area contributed by atoms with Crippen molar-refractivity contribution in [2.75, 3.05) is 12.4 Å². The molecule has 2 heterocycles. The Hall–Kier alpha value is -3.29. The zero-order chi connectivity index (χ0) is 17.8. The fourth-order valence-electron chi connectivity index (χ4n) is 2.31. The Morgan fingerprint density at radius 3 is 2.56 bits per heavy atom. The third-order valence-electron chi connectivity index (χ3n) is 3.71. The molecule has 8 nitrogen and oxygen atoms in total. The number of nitrogens with one attached hydrogen (secondary N) is 2. The Kier molecular flexibility index (Phi) is 4.69. The lowest BCUT2D eigenvalue weighted by molar-refractivity contribution is 0.102. The number of hydrogen-bond acceptors (Lipinski definition) is 6. The van der Waals surface area contributed by atoms with E-state index >= 15 is 0 Å². The van der Waals surface area contributed by atoms with E-state index in [1.807, 2.05) is 12.1 Å². The van der Waals surface area contributed by atoms with E-state index in [1.54, 1.807) is 19.2 Å². The maximum absolute atomic E-state index is 12.4. The number of pyridine rings is 1. The van der Waals surface area contributed by atoms with E-state index in [0.717, 1.165) is 5.56 Å². The highest BCUT2D eigenvalue weighted by atomic mass is 16.5. The number of ether oxygens (including phenoxy) is 1. The van der Waals surface area contributed by atoms with Crippen LogP contribution >= 0.6 is 0 Å². The number of anilines is 1. The van der Waals surface area contributed by atoms with Gasteiger partial charge in [0.25, 0.3) is 11.9 Å². The molecule has 0 aliphatic carbocycles. The van der Waals surface area contributed by atoms with Crippen LogP contribution < -0.4 is 10.1 Å². The number of rotatable bonds is 5. The molecule has 0 unspecified atom stereocenters. The number of aromatic nitrogens is 5. The summed E-state index contributed by atoms with van der Waals surface area (Å²) in [6.07, 6.45) is 0. The maximum Gasteiger partial charge on any atom is 0.276 e. The van der Waals surface area contributed by atoms with Crippen molar-refractivity contribution in [3.05, 3.63) is 47.7 Å². The van der Waals surface area contributed by atoms with E-state index in [9.17, 15) is 4.79 Å². The van der Waals surface area contributed by atoms with Crippen molar-refractivity contribution in [3.63, 3.8) is 0 Å². The van der Waals surface area contributed by atoms with Crippen LogP contribution in [0.1, 0.15) is 35.8 Å². The number of amides is 1. The van der Waals surface area contributed by atoms with Gasteiger partial charge >= 0.3 is 0 Å². The number of carbonyl (C=O) groups excluding carboxylic acids is 1. The molecule has 1 amide bonds. The summed E-state index contributed by atoms with van der Waals surface area (Å²) in [5.41, 5.74) is 2.98. The molecule has 8 heteroatoms. The first-order valence-corrected chi connectivity index (χ1v) is 7.78. The molecule has 2 N–H and O–H groups in total. The number of tetrazole rings is 1. The Balaban J connectivity index is 1.93. The molecule has 0 aliphatic rings. The molecule has 2 aromatic heterocycles. The molecule has 0 saturated heterocycles. The second-order valence-electron chi connectivity index (χ2n) is 5.74. The van der Waals surface area contributed by atoms with Gasteiger partial charge in [-0.3, -0.25) is 10.1 Å². The molecule has 0 saturated carbocycles. The van der Waals surface area contributed by atoms with Gasteiger partial charge in [0.1, 0.15) is 11.4 Å². The van der Waals surface area contributed by atoms with Gasteiger partial charge in [0.05, 0.1) is 12.8 Å². The highest BCUT2D eigenvalue weighted by Crippen LogP contribution is 2.25. The van der Waals surface area contributed by atoms with Crippen molar-refractivity contribution in [1.82, 2.24) is 25.6 Å². The van der Waals surface area contributed by atoms with Crippen LogP contribution in [0.2, 0.25) is 0 Å². The lowest BCUT2D eigenvalue weighted by atomic mass is 10.0. The van der Waals surface area contributed by atoms with E-state index in [2.05, 4.69) is 56.9 Å². The van der Waals surface area contributed by atoms with Crippen molar-refractivity contribution in [2.24, 2.45) is 0 Å². The molecule has 128 valence electrons. The number of carbonyl (C=O) groups is 1. The summed E-state index contributed by atoms with van der Waals surface area (Å²) in [4.78, 5) is 16.8. The third-order valence-corrected chi connectivity index (χ3v) is 3.71. The van der Waals surface area contributed by atoms with Crippen molar-refractivity contribution >= 4 is 11.9 Å². The Morgan fingerprint density at radius 2 is 1.96 bits per heavy atom. The zero-order valence-corrected chi connectivity index (χ0v) is 14.1. The van der Waals surface area contributed by atoms with Crippen molar-refractivity contribution in [3.8, 4) is 17.0 Å². The number of nitrogens with zero attached hydrogens (tertiary/aromatic N) is 4. The molecule has 0 aliphatic heterocycles. The summed E-state index contributed by atoms with van der Waals surface area (Å²) in [5, 5.41) is 15.6. The number of methoxy groups -OCH3 is 1. The van der Waals surface area contributed by atoms with Crippen molar-refractivity contribution in [1.29, 1.82) is 0 Å². The second-order valence-corrected chi connectivity index (χ2v) is 5.74. The highest BCUT2D eigenvalue weighted by Gasteiger charge is 2.14. The molecule has 1 aromatic carbocycles. The zero-order valence-electron chi connectivity index (χ0n) is 14.1. The summed E-state index contributed by atoms with van der Waals surface area (Å²) < 4.78 is 5.29. The number of hydrogen-bond donors (Lipinski definition) is 2. The molecule has 0 fully saturated rings. The van der Waals surface area contributed by atoms with Gasteiger partial charge in [-0.15, -0.1) is 5.10 Å². The predicted molar refractivity (Wildman–Crippen MR) is 92.4 cm³/mol. The SMILES string of the molecule is COc1cc(C(=O)Nc2nn[nH]n2)nc(-c2ccc(C(C)C)cc2)c1. The summed E-state index contributed by atoms with van der Waals surface area (Å²) in [6, 6.07) is 11.4. The van der Waals surface area contributed by atoms with Crippen LogP contribution in [0.15, 0.2) is 36.4 Å². The van der Waals surface area contributed by atoms with Crippen LogP contribution in [-0.2, 0) is 0 Å². The summed E-state index contributed by atoms with van der Waals surface area (Å²) in [6.45, 7) is 4.28. The maximum atomic E-state index is 12.4. The van der Waals surface area contributed by atoms with Gasteiger partial charge in [-0.05, 0) is 16.7 Å². The first-order chi connectivity index (χ1) is 12.1. The number of benzene rings is 1. The van der Waals surface area contributed by atoms with Gasteiger partial charge in [-0.2, -0.15) is 5.21 Å². The average Bonchev–Trinajstić information content (AvgIpc) is 3.14. The first kappa shape index (κ1) is 16.6. The monoisotopic (exact) mass is 338 g/mol. The van der Waals surface area contributed by atoms with Crippen LogP contribution in [0.4, 0.5) is 5.95 Å². The average molecular weight is 338 g/mol. The normalized spacial score (nSPS) is 10.7. The fourth-order valence-corrected chi connectivity index (χ4v) is 2.31. The van der Waals surface area contributed by atoms with Crippen LogP contribution in [0.25, 0.3) is 11.3 Å². The molecule has 3 rings (SSSR count). The van der Waals surface area contributed by atoms with Gasteiger partial charge in [0.2, 0.25) is 0 Å². The molecule has 3 aromatic rings. The molecular weight excluding hydrogens is 320 g/mol. The number of H-pyrrole nitrogens is 1. The number of aromatic amines is 1. The Morgan fingerprint density at radius 1 is 1.20 bits per heavy atom. The van der Waals surface area contributed by atoms with Crippen molar-refractivity contribution < 1.29 is 9.53 Å². The molecule has 0 radical (unpaired) electrons. The minimum atomic E-state index is -0.444. The Labute approximate surface area is 144 Å². The minimum absolute atomic E-state index is 0.0810. The minimum Gasteiger partial charge on any atom is -0.497 e. The topological polar surface area (TPSA) is 106 Å². The lowest BCUT2D eigenvalue weighted by Crippen LogP contribution is -2.15. The van der Waals surface area contributed by atoms with Crippen LogP contribution in [0, 0.1) is 0 Å². The van der Waals surface area contributed by atoms with Crippen LogP contribution in [-0.4, -0.2) is 38.6 Å². The van der Waals surface area contributed by atoms with Gasteiger partial charge < -0.3 is 4.74 Å². The van der Waals surface area contributed by atoms with Crippen molar-refractivity contribution in [2.45, 2.75) is 19.8 Å². The Bertz CT molecular complexity index is 859. The predicted octanol–water partition coefficient (Wildman–Crippen LogP) is 2.65. The van der Waals surface area contributed by atoms with Gasteiger partial charge in [-0.1, -0.05) is 43.2 Å². The lowest BCUT2D eigenvalue weighted by Gasteiger charge is -2.10.